The van der Waals surface area contributed by atoms with Crippen LogP contribution in [0.5, 0.6) is 5.88 Å². The molecular weight excluding hydrogens is 386 g/mol. The van der Waals surface area contributed by atoms with Crippen LogP contribution in [-0.2, 0) is 0 Å². The molecule has 3 aromatic rings. The van der Waals surface area contributed by atoms with Gasteiger partial charge in [-0.3, -0.25) is 9.89 Å². The van der Waals surface area contributed by atoms with Gasteiger partial charge in [0.2, 0.25) is 0 Å². The van der Waals surface area contributed by atoms with Crippen LogP contribution in [0.25, 0.3) is 10.9 Å². The number of aromatic hydroxyl groups is 1. The van der Waals surface area contributed by atoms with Crippen molar-refractivity contribution in [1.29, 1.82) is 0 Å². The predicted octanol–water partition coefficient (Wildman–Crippen LogP) is 4.82. The van der Waals surface area contributed by atoms with E-state index < -0.39 is 5.82 Å². The lowest BCUT2D eigenvalue weighted by molar-refractivity contribution is 0.192. The van der Waals surface area contributed by atoms with Gasteiger partial charge in [0.15, 0.2) is 5.88 Å². The van der Waals surface area contributed by atoms with Crippen LogP contribution >= 0.6 is 0 Å². The zero-order valence-corrected chi connectivity index (χ0v) is 17.2. The number of anilines is 1. The molecule has 1 unspecified atom stereocenters. The molecule has 7 heteroatoms. The summed E-state index contributed by atoms with van der Waals surface area (Å²) in [6, 6.07) is 9.93. The van der Waals surface area contributed by atoms with Crippen molar-refractivity contribution in [2.24, 2.45) is 4.99 Å². The number of aromatic amines is 1. The predicted molar refractivity (Wildman–Crippen MR) is 117 cm³/mol. The Morgan fingerprint density at radius 1 is 1.13 bits per heavy atom. The molecule has 0 aliphatic carbocycles. The number of nitrogens with one attached hydrogen (secondary N) is 1. The summed E-state index contributed by atoms with van der Waals surface area (Å²) >= 11 is 0. The molecule has 4 rings (SSSR count). The topological polar surface area (TPSA) is 54.9 Å². The number of rotatable bonds is 5. The second kappa shape index (κ2) is 8.44. The molecule has 1 aliphatic rings. The number of hydrogen-bond donors (Lipinski definition) is 2. The summed E-state index contributed by atoms with van der Waals surface area (Å²) in [7, 11) is 0. The lowest BCUT2D eigenvalue weighted by atomic mass is 10.1. The maximum absolute atomic E-state index is 14.8. The van der Waals surface area contributed by atoms with Gasteiger partial charge >= 0.3 is 0 Å². The Bertz CT molecular complexity index is 1070. The molecule has 0 radical (unpaired) electrons. The van der Waals surface area contributed by atoms with Crippen LogP contribution in [-0.4, -0.2) is 53.4 Å². The van der Waals surface area contributed by atoms with Crippen LogP contribution in [0.2, 0.25) is 0 Å². The first-order valence-corrected chi connectivity index (χ1v) is 10.3. The van der Waals surface area contributed by atoms with Gasteiger partial charge in [-0.1, -0.05) is 13.0 Å². The number of piperazine rings is 1. The molecule has 158 valence electrons. The molecule has 0 bridgehead atoms. The number of H-pyrrole nitrogens is 1. The highest BCUT2D eigenvalue weighted by Gasteiger charge is 2.22. The normalized spacial score (nSPS) is 16.6. The number of aliphatic imine (C=N–C) groups is 1. The van der Waals surface area contributed by atoms with Crippen molar-refractivity contribution in [1.82, 2.24) is 9.88 Å². The summed E-state index contributed by atoms with van der Waals surface area (Å²) in [6.45, 7) is 7.80. The van der Waals surface area contributed by atoms with Crippen molar-refractivity contribution in [2.45, 2.75) is 26.3 Å². The Labute approximate surface area is 174 Å². The highest BCUT2D eigenvalue weighted by Crippen LogP contribution is 2.30. The molecule has 2 heterocycles. The van der Waals surface area contributed by atoms with Crippen LogP contribution in [0.4, 0.5) is 20.2 Å². The molecule has 1 atom stereocenters. The Balaban J connectivity index is 1.52. The van der Waals surface area contributed by atoms with E-state index in [-0.39, 0.29) is 22.6 Å². The standard InChI is InChI=1S/C23H26F2N4O/c1-3-15(2)28-9-11-29(12-10-28)21-8-7-16(13-19(21)25)26-14-17-22-18(24)5-4-6-20(22)27-23(17)30/h4-8,13-15,27,30H,3,9-12H2,1-2H3. The van der Waals surface area contributed by atoms with Gasteiger partial charge in [0.05, 0.1) is 22.5 Å². The average Bonchev–Trinajstić information content (AvgIpc) is 3.08. The number of benzene rings is 2. The van der Waals surface area contributed by atoms with E-state index in [2.05, 4.69) is 33.6 Å². The lowest BCUT2D eigenvalue weighted by Crippen LogP contribution is -2.49. The van der Waals surface area contributed by atoms with Gasteiger partial charge in [0, 0.05) is 49.9 Å². The summed E-state index contributed by atoms with van der Waals surface area (Å²) in [5, 5.41) is 10.3. The summed E-state index contributed by atoms with van der Waals surface area (Å²) < 4.78 is 28.9. The maximum Gasteiger partial charge on any atom is 0.198 e. The van der Waals surface area contributed by atoms with Crippen LogP contribution < -0.4 is 4.90 Å². The summed E-state index contributed by atoms with van der Waals surface area (Å²) in [6.07, 6.45) is 2.47. The second-order valence-corrected chi connectivity index (χ2v) is 7.72. The highest BCUT2D eigenvalue weighted by atomic mass is 19.1. The summed E-state index contributed by atoms with van der Waals surface area (Å²) in [4.78, 5) is 11.5. The largest absolute Gasteiger partial charge is 0.494 e. The van der Waals surface area contributed by atoms with Gasteiger partial charge < -0.3 is 15.0 Å². The minimum atomic E-state index is -0.455. The minimum Gasteiger partial charge on any atom is -0.494 e. The van der Waals surface area contributed by atoms with Crippen molar-refractivity contribution in [2.75, 3.05) is 31.1 Å². The van der Waals surface area contributed by atoms with Crippen molar-refractivity contribution in [3.05, 3.63) is 53.6 Å². The van der Waals surface area contributed by atoms with Crippen molar-refractivity contribution >= 4 is 28.5 Å². The number of hydrogen-bond acceptors (Lipinski definition) is 4. The first-order valence-electron chi connectivity index (χ1n) is 10.3. The third-order valence-corrected chi connectivity index (χ3v) is 5.93. The Morgan fingerprint density at radius 3 is 2.60 bits per heavy atom. The van der Waals surface area contributed by atoms with Crippen molar-refractivity contribution in [3.8, 4) is 5.88 Å². The molecule has 1 aliphatic heterocycles. The lowest BCUT2D eigenvalue weighted by Gasteiger charge is -2.39. The van der Waals surface area contributed by atoms with E-state index >= 15 is 0 Å². The van der Waals surface area contributed by atoms with Crippen molar-refractivity contribution < 1.29 is 13.9 Å². The van der Waals surface area contributed by atoms with Gasteiger partial charge in [-0.2, -0.15) is 0 Å². The van der Waals surface area contributed by atoms with Crippen LogP contribution in [0.15, 0.2) is 41.4 Å². The smallest absolute Gasteiger partial charge is 0.198 e. The van der Waals surface area contributed by atoms with E-state index in [4.69, 9.17) is 0 Å². The van der Waals surface area contributed by atoms with E-state index in [9.17, 15) is 13.9 Å². The van der Waals surface area contributed by atoms with Crippen LogP contribution in [0, 0.1) is 11.6 Å². The van der Waals surface area contributed by atoms with Gasteiger partial charge in [-0.25, -0.2) is 8.78 Å². The fraction of sp³-hybridized carbons (Fsp3) is 0.348. The SMILES string of the molecule is CCC(C)N1CCN(c2ccc(N=Cc3c(O)[nH]c4cccc(F)c34)cc2F)CC1. The Hall–Kier alpha value is -2.93. The number of halogens is 2. The summed E-state index contributed by atoms with van der Waals surface area (Å²) in [5.41, 5.74) is 1.69. The molecule has 1 saturated heterocycles. The zero-order valence-electron chi connectivity index (χ0n) is 17.2. The molecule has 5 nitrogen and oxygen atoms in total. The fourth-order valence-corrected chi connectivity index (χ4v) is 3.97. The van der Waals surface area contributed by atoms with Crippen molar-refractivity contribution in [3.63, 3.8) is 0 Å². The number of nitrogens with zero attached hydrogens (tertiary/aromatic N) is 3. The molecule has 30 heavy (non-hydrogen) atoms. The molecule has 0 spiro atoms. The molecule has 2 N–H and O–H groups in total. The van der Waals surface area contributed by atoms with Gasteiger partial charge in [0.25, 0.3) is 0 Å². The molecule has 2 aromatic carbocycles. The molecular formula is C23H26F2N4O. The Morgan fingerprint density at radius 2 is 1.90 bits per heavy atom. The molecule has 1 aromatic heterocycles. The first-order chi connectivity index (χ1) is 14.5. The highest BCUT2D eigenvalue weighted by molar-refractivity contribution is 6.02. The zero-order chi connectivity index (χ0) is 21.3. The monoisotopic (exact) mass is 412 g/mol. The summed E-state index contributed by atoms with van der Waals surface area (Å²) in [5.74, 6) is -0.963. The second-order valence-electron chi connectivity index (χ2n) is 7.72. The Kier molecular flexibility index (Phi) is 5.72. The quantitative estimate of drug-likeness (QED) is 0.591. The molecule has 0 saturated carbocycles. The van der Waals surface area contributed by atoms with Gasteiger partial charge in [-0.05, 0) is 37.6 Å². The first kappa shape index (κ1) is 20.3. The van der Waals surface area contributed by atoms with Gasteiger partial charge in [0.1, 0.15) is 11.6 Å². The van der Waals surface area contributed by atoms with Crippen LogP contribution in [0.3, 0.4) is 0 Å². The molecule has 0 amide bonds. The minimum absolute atomic E-state index is 0.171. The third-order valence-electron chi connectivity index (χ3n) is 5.93. The van der Waals surface area contributed by atoms with E-state index in [0.29, 0.717) is 22.9 Å². The number of fused-ring (bicyclic) bond motifs is 1. The van der Waals surface area contributed by atoms with E-state index in [1.165, 1.54) is 18.3 Å². The average molecular weight is 412 g/mol. The van der Waals surface area contributed by atoms with Gasteiger partial charge in [-0.15, -0.1) is 0 Å². The maximum atomic E-state index is 14.8. The van der Waals surface area contributed by atoms with E-state index in [0.717, 1.165) is 32.6 Å². The van der Waals surface area contributed by atoms with Crippen LogP contribution in [0.1, 0.15) is 25.8 Å². The third kappa shape index (κ3) is 3.89. The van der Waals surface area contributed by atoms with E-state index in [1.807, 2.05) is 0 Å². The van der Waals surface area contributed by atoms with E-state index in [1.54, 1.807) is 24.3 Å². The fourth-order valence-electron chi connectivity index (χ4n) is 3.97. The number of aromatic nitrogens is 1. The molecule has 1 fully saturated rings.